The summed E-state index contributed by atoms with van der Waals surface area (Å²) in [7, 11) is 0. The Morgan fingerprint density at radius 1 is 0.865 bits per heavy atom. The van der Waals surface area contributed by atoms with Gasteiger partial charge in [0.05, 0.1) is 11.9 Å². The second kappa shape index (κ2) is 10.9. The summed E-state index contributed by atoms with van der Waals surface area (Å²) < 4.78 is 90.0. The first-order valence-corrected chi connectivity index (χ1v) is 11.2. The Bertz CT molecular complexity index is 1390. The molecule has 0 unspecified atom stereocenters. The summed E-state index contributed by atoms with van der Waals surface area (Å²) in [4.78, 5) is 4.38. The lowest BCUT2D eigenvalue weighted by Gasteiger charge is -2.12. The van der Waals surface area contributed by atoms with Gasteiger partial charge in [0.2, 0.25) is 0 Å². The predicted octanol–water partition coefficient (Wildman–Crippen LogP) is 7.61. The molecule has 3 nitrogen and oxygen atoms in total. The van der Waals surface area contributed by atoms with Crippen LogP contribution in [0.15, 0.2) is 73.4 Å². The molecule has 0 radical (unpaired) electrons. The average Bonchev–Trinajstić information content (AvgIpc) is 2.86. The number of hydrogen-bond donors (Lipinski definition) is 0. The van der Waals surface area contributed by atoms with Crippen molar-refractivity contribution in [2.45, 2.75) is 19.0 Å². The van der Waals surface area contributed by atoms with Gasteiger partial charge in [-0.1, -0.05) is 36.9 Å². The van der Waals surface area contributed by atoms with Crippen molar-refractivity contribution in [3.8, 4) is 22.8 Å². The Morgan fingerprint density at radius 2 is 1.62 bits per heavy atom. The third kappa shape index (κ3) is 6.41. The minimum Gasteiger partial charge on any atom is -0.488 e. The topological polar surface area (TPSA) is 31.4 Å². The van der Waals surface area contributed by atoms with Crippen molar-refractivity contribution in [3.05, 3.63) is 102 Å². The maximum Gasteiger partial charge on any atom is 0.422 e. The third-order valence-electron chi connectivity index (χ3n) is 5.56. The highest BCUT2D eigenvalue weighted by atomic mass is 19.4. The lowest BCUT2D eigenvalue weighted by atomic mass is 9.98. The highest BCUT2D eigenvalue weighted by Crippen LogP contribution is 2.29. The summed E-state index contributed by atoms with van der Waals surface area (Å²) in [6.07, 6.45) is -1.32. The van der Waals surface area contributed by atoms with Crippen LogP contribution in [0.25, 0.3) is 22.0 Å². The van der Waals surface area contributed by atoms with Crippen LogP contribution in [0.4, 0.5) is 26.3 Å². The van der Waals surface area contributed by atoms with E-state index in [1.54, 1.807) is 54.7 Å². The molecule has 0 saturated heterocycles. The lowest BCUT2D eigenvalue weighted by Crippen LogP contribution is -2.20. The van der Waals surface area contributed by atoms with Gasteiger partial charge in [0.15, 0.2) is 24.0 Å². The normalized spacial score (nSPS) is 11.5. The van der Waals surface area contributed by atoms with Gasteiger partial charge in [-0.2, -0.15) is 13.2 Å². The highest BCUT2D eigenvalue weighted by molar-refractivity contribution is 5.88. The number of halogens is 6. The van der Waals surface area contributed by atoms with Crippen molar-refractivity contribution in [3.63, 3.8) is 0 Å². The summed E-state index contributed by atoms with van der Waals surface area (Å²) in [5.41, 5.74) is 1.97. The third-order valence-corrected chi connectivity index (χ3v) is 5.56. The summed E-state index contributed by atoms with van der Waals surface area (Å²) >= 11 is 0. The Morgan fingerprint density at radius 3 is 2.27 bits per heavy atom. The lowest BCUT2D eigenvalue weighted by molar-refractivity contribution is -0.154. The highest BCUT2D eigenvalue weighted by Gasteiger charge is 2.30. The van der Waals surface area contributed by atoms with E-state index in [1.807, 2.05) is 0 Å². The number of alkyl halides is 3. The first-order chi connectivity index (χ1) is 17.6. The molecular weight excluding hydrogens is 496 g/mol. The molecule has 0 aliphatic carbocycles. The van der Waals surface area contributed by atoms with E-state index in [0.29, 0.717) is 34.4 Å². The summed E-state index contributed by atoms with van der Waals surface area (Å²) in [5, 5.41) is 1.02. The maximum atomic E-state index is 15.2. The first kappa shape index (κ1) is 26.1. The molecule has 1 aromatic heterocycles. The van der Waals surface area contributed by atoms with Crippen LogP contribution >= 0.6 is 0 Å². The van der Waals surface area contributed by atoms with E-state index in [2.05, 4.69) is 16.3 Å². The van der Waals surface area contributed by atoms with Crippen molar-refractivity contribution >= 4 is 10.8 Å². The largest absolute Gasteiger partial charge is 0.488 e. The van der Waals surface area contributed by atoms with Crippen molar-refractivity contribution in [2.24, 2.45) is 0 Å². The fourth-order valence-electron chi connectivity index (χ4n) is 3.81. The smallest absolute Gasteiger partial charge is 0.422 e. The maximum absolute atomic E-state index is 15.2. The zero-order valence-corrected chi connectivity index (χ0v) is 19.4. The number of pyridine rings is 1. The van der Waals surface area contributed by atoms with Crippen LogP contribution in [0.5, 0.6) is 11.5 Å². The van der Waals surface area contributed by atoms with Gasteiger partial charge in [0.1, 0.15) is 18.2 Å². The number of aryl methyl sites for hydroxylation is 2. The molecule has 4 aromatic rings. The van der Waals surface area contributed by atoms with Crippen LogP contribution in [0.2, 0.25) is 0 Å². The van der Waals surface area contributed by atoms with Gasteiger partial charge in [0, 0.05) is 10.9 Å². The van der Waals surface area contributed by atoms with E-state index in [1.165, 1.54) is 0 Å². The molecule has 0 fully saturated rings. The number of benzene rings is 3. The van der Waals surface area contributed by atoms with Gasteiger partial charge >= 0.3 is 6.18 Å². The number of nitrogens with zero attached hydrogens (tertiary/aromatic N) is 1. The molecule has 0 amide bonds. The Hall–Kier alpha value is -4.01. The van der Waals surface area contributed by atoms with Crippen LogP contribution in [0.1, 0.15) is 11.1 Å². The molecule has 3 aromatic carbocycles. The van der Waals surface area contributed by atoms with E-state index < -0.39 is 36.0 Å². The van der Waals surface area contributed by atoms with Crippen molar-refractivity contribution in [1.29, 1.82) is 0 Å². The van der Waals surface area contributed by atoms with Crippen LogP contribution in [0.3, 0.4) is 0 Å². The van der Waals surface area contributed by atoms with Crippen molar-refractivity contribution in [1.82, 2.24) is 4.98 Å². The molecule has 192 valence electrons. The number of fused-ring (bicyclic) bond motifs is 1. The average molecular weight is 517 g/mol. The Balaban J connectivity index is 1.48. The molecule has 0 saturated carbocycles. The minimum absolute atomic E-state index is 0.0676. The molecule has 0 spiro atoms. The van der Waals surface area contributed by atoms with Gasteiger partial charge in [-0.15, -0.1) is 0 Å². The Kier molecular flexibility index (Phi) is 7.71. The zero-order valence-electron chi connectivity index (χ0n) is 19.4. The SMILES string of the molecule is C=CCOc1ccc(-c2ccc3c(F)c(CCc4cc(F)c(OCC(F)(F)F)c(F)c4)ccc3c2)nc1. The molecule has 0 aliphatic rings. The molecule has 0 atom stereocenters. The standard InChI is InChI=1S/C28H21F6NO2/c1-2-11-36-21-8-10-25(35-15-21)20-7-9-22-19(14-20)6-5-18(26(22)31)4-3-17-12-23(29)27(24(30)13-17)37-16-28(32,33)34/h2,5-10,12-15H,1,3-4,11,16H2. The monoisotopic (exact) mass is 517 g/mol. The second-order valence-electron chi connectivity index (χ2n) is 8.25. The predicted molar refractivity (Wildman–Crippen MR) is 128 cm³/mol. The Labute approximate surface area is 209 Å². The molecular formula is C28H21F6NO2. The van der Waals surface area contributed by atoms with Crippen molar-refractivity contribution in [2.75, 3.05) is 13.2 Å². The van der Waals surface area contributed by atoms with Crippen LogP contribution < -0.4 is 9.47 Å². The molecule has 0 N–H and O–H groups in total. The fraction of sp³-hybridized carbons (Fsp3) is 0.179. The summed E-state index contributed by atoms with van der Waals surface area (Å²) in [6, 6.07) is 13.9. The summed E-state index contributed by atoms with van der Waals surface area (Å²) in [5.74, 6) is -3.46. The number of aromatic nitrogens is 1. The van der Waals surface area contributed by atoms with E-state index >= 15 is 4.39 Å². The molecule has 37 heavy (non-hydrogen) atoms. The quantitative estimate of drug-likeness (QED) is 0.169. The number of hydrogen-bond acceptors (Lipinski definition) is 3. The van der Waals surface area contributed by atoms with Gasteiger partial charge in [-0.05, 0) is 59.7 Å². The van der Waals surface area contributed by atoms with E-state index in [0.717, 1.165) is 17.7 Å². The van der Waals surface area contributed by atoms with Crippen LogP contribution in [-0.2, 0) is 12.8 Å². The molecule has 0 bridgehead atoms. The van der Waals surface area contributed by atoms with Crippen LogP contribution in [0, 0.1) is 17.5 Å². The molecule has 0 aliphatic heterocycles. The van der Waals surface area contributed by atoms with Gasteiger partial charge in [-0.3, -0.25) is 4.98 Å². The molecule has 9 heteroatoms. The van der Waals surface area contributed by atoms with Crippen LogP contribution in [-0.4, -0.2) is 24.4 Å². The number of ether oxygens (including phenoxy) is 2. The van der Waals surface area contributed by atoms with Gasteiger partial charge < -0.3 is 9.47 Å². The molecule has 4 rings (SSSR count). The van der Waals surface area contributed by atoms with E-state index in [-0.39, 0.29) is 18.4 Å². The second-order valence-corrected chi connectivity index (χ2v) is 8.25. The minimum atomic E-state index is -4.73. The first-order valence-electron chi connectivity index (χ1n) is 11.2. The van der Waals surface area contributed by atoms with Gasteiger partial charge in [-0.25, -0.2) is 13.2 Å². The fourth-order valence-corrected chi connectivity index (χ4v) is 3.81. The summed E-state index contributed by atoms with van der Waals surface area (Å²) in [6.45, 7) is 2.15. The molecule has 1 heterocycles. The van der Waals surface area contributed by atoms with Crippen molar-refractivity contribution < 1.29 is 35.8 Å². The number of rotatable bonds is 9. The van der Waals surface area contributed by atoms with E-state index in [9.17, 15) is 22.0 Å². The van der Waals surface area contributed by atoms with E-state index in [4.69, 9.17) is 4.74 Å². The van der Waals surface area contributed by atoms with Gasteiger partial charge in [0.25, 0.3) is 0 Å². The zero-order chi connectivity index (χ0) is 26.6.